The number of aliphatic carboxylic acids is 1. The Morgan fingerprint density at radius 2 is 2.13 bits per heavy atom. The summed E-state index contributed by atoms with van der Waals surface area (Å²) in [4.78, 5) is 10.4. The van der Waals surface area contributed by atoms with E-state index in [0.29, 0.717) is 0 Å². The van der Waals surface area contributed by atoms with Gasteiger partial charge in [-0.1, -0.05) is 0 Å². The lowest BCUT2D eigenvalue weighted by molar-refractivity contribution is -0.136. The van der Waals surface area contributed by atoms with Crippen LogP contribution in [0.2, 0.25) is 0 Å². The molecular formula is C9H7F3O3. The number of hydrogen-bond donors (Lipinski definition) is 1. The van der Waals surface area contributed by atoms with Crippen LogP contribution in [0.4, 0.5) is 13.2 Å². The molecular weight excluding hydrogens is 213 g/mol. The molecule has 0 spiro atoms. The summed E-state index contributed by atoms with van der Waals surface area (Å²) in [6.07, 6.45) is -0.570. The lowest BCUT2D eigenvalue weighted by Crippen LogP contribution is -2.08. The van der Waals surface area contributed by atoms with E-state index in [4.69, 9.17) is 5.11 Å². The predicted molar refractivity (Wildman–Crippen MR) is 44.4 cm³/mol. The van der Waals surface area contributed by atoms with Gasteiger partial charge in [-0.05, 0) is 18.2 Å². The molecule has 0 saturated heterocycles. The standard InChI is InChI=1S/C9H7F3O3/c10-6-1-2-7(15-9(11)12)5(3-6)4-8(13)14/h1-3,9H,4H2,(H,13,14). The highest BCUT2D eigenvalue weighted by Crippen LogP contribution is 2.22. The van der Waals surface area contributed by atoms with Gasteiger partial charge >= 0.3 is 12.6 Å². The zero-order valence-electron chi connectivity index (χ0n) is 7.41. The summed E-state index contributed by atoms with van der Waals surface area (Å²) in [5.41, 5.74) is -0.122. The number of halogens is 3. The van der Waals surface area contributed by atoms with Crippen molar-refractivity contribution in [3.63, 3.8) is 0 Å². The fourth-order valence-corrected chi connectivity index (χ4v) is 1.06. The van der Waals surface area contributed by atoms with Crippen molar-refractivity contribution in [1.29, 1.82) is 0 Å². The van der Waals surface area contributed by atoms with E-state index in [0.717, 1.165) is 18.2 Å². The maximum absolute atomic E-state index is 12.7. The molecule has 0 amide bonds. The Kier molecular flexibility index (Phi) is 3.54. The molecule has 1 N–H and O–H groups in total. The largest absolute Gasteiger partial charge is 0.481 e. The van der Waals surface area contributed by atoms with Crippen LogP contribution in [0.1, 0.15) is 5.56 Å². The highest BCUT2D eigenvalue weighted by molar-refractivity contribution is 5.71. The maximum Gasteiger partial charge on any atom is 0.387 e. The van der Waals surface area contributed by atoms with Crippen LogP contribution < -0.4 is 4.74 Å². The molecule has 0 heterocycles. The van der Waals surface area contributed by atoms with Gasteiger partial charge in [-0.3, -0.25) is 4.79 Å². The summed E-state index contributed by atoms with van der Waals surface area (Å²) < 4.78 is 40.5. The Morgan fingerprint density at radius 3 is 2.67 bits per heavy atom. The summed E-state index contributed by atoms with van der Waals surface area (Å²) in [7, 11) is 0. The Hall–Kier alpha value is -1.72. The van der Waals surface area contributed by atoms with Crippen LogP contribution in [0.5, 0.6) is 5.75 Å². The second kappa shape index (κ2) is 4.68. The van der Waals surface area contributed by atoms with Crippen molar-refractivity contribution < 1.29 is 27.8 Å². The molecule has 6 heteroatoms. The highest BCUT2D eigenvalue weighted by atomic mass is 19.3. The first kappa shape index (κ1) is 11.4. The number of rotatable bonds is 4. The zero-order chi connectivity index (χ0) is 11.4. The Bertz CT molecular complexity index is 366. The van der Waals surface area contributed by atoms with Crippen LogP contribution in [0.15, 0.2) is 18.2 Å². The van der Waals surface area contributed by atoms with Gasteiger partial charge in [0.05, 0.1) is 6.42 Å². The summed E-state index contributed by atoms with van der Waals surface area (Å²) in [6, 6.07) is 2.74. The SMILES string of the molecule is O=C(O)Cc1cc(F)ccc1OC(F)F. The zero-order valence-corrected chi connectivity index (χ0v) is 7.41. The van der Waals surface area contributed by atoms with Crippen molar-refractivity contribution in [1.82, 2.24) is 0 Å². The summed E-state index contributed by atoms with van der Waals surface area (Å²) >= 11 is 0. The van der Waals surface area contributed by atoms with Crippen LogP contribution in [0.25, 0.3) is 0 Å². The third-order valence-corrected chi connectivity index (χ3v) is 1.58. The third-order valence-electron chi connectivity index (χ3n) is 1.58. The van der Waals surface area contributed by atoms with Gasteiger partial charge in [0.15, 0.2) is 0 Å². The molecule has 0 aliphatic carbocycles. The molecule has 0 unspecified atom stereocenters. The number of carboxylic acid groups (broad SMARTS) is 1. The third kappa shape index (κ3) is 3.49. The van der Waals surface area contributed by atoms with Gasteiger partial charge in [-0.15, -0.1) is 0 Å². The molecule has 0 bridgehead atoms. The van der Waals surface area contributed by atoms with Gasteiger partial charge in [-0.2, -0.15) is 8.78 Å². The van der Waals surface area contributed by atoms with Crippen molar-refractivity contribution in [2.75, 3.05) is 0 Å². The molecule has 0 atom stereocenters. The van der Waals surface area contributed by atoms with Crippen molar-refractivity contribution in [3.8, 4) is 5.75 Å². The number of hydrogen-bond acceptors (Lipinski definition) is 2. The van der Waals surface area contributed by atoms with Crippen molar-refractivity contribution in [2.45, 2.75) is 13.0 Å². The van der Waals surface area contributed by atoms with E-state index in [9.17, 15) is 18.0 Å². The van der Waals surface area contributed by atoms with Gasteiger partial charge in [0.1, 0.15) is 11.6 Å². The molecule has 3 nitrogen and oxygen atoms in total. The van der Waals surface area contributed by atoms with Crippen LogP contribution in [0, 0.1) is 5.82 Å². The van der Waals surface area contributed by atoms with Crippen LogP contribution in [0.3, 0.4) is 0 Å². The molecule has 0 aliphatic rings. The van der Waals surface area contributed by atoms with Crippen LogP contribution in [-0.2, 0) is 11.2 Å². The Morgan fingerprint density at radius 1 is 1.47 bits per heavy atom. The molecule has 0 radical (unpaired) electrons. The highest BCUT2D eigenvalue weighted by Gasteiger charge is 2.12. The maximum atomic E-state index is 12.7. The second-order valence-electron chi connectivity index (χ2n) is 2.70. The average molecular weight is 220 g/mol. The molecule has 0 aliphatic heterocycles. The van der Waals surface area contributed by atoms with E-state index in [-0.39, 0.29) is 11.3 Å². The van der Waals surface area contributed by atoms with Gasteiger partial charge in [0, 0.05) is 5.56 Å². The smallest absolute Gasteiger partial charge is 0.387 e. The van der Waals surface area contributed by atoms with Gasteiger partial charge in [-0.25, -0.2) is 4.39 Å². The van der Waals surface area contributed by atoms with Gasteiger partial charge < -0.3 is 9.84 Å². The van der Waals surface area contributed by atoms with E-state index in [1.165, 1.54) is 0 Å². The first-order valence-electron chi connectivity index (χ1n) is 3.94. The van der Waals surface area contributed by atoms with E-state index in [1.807, 2.05) is 0 Å². The molecule has 1 aromatic rings. The quantitative estimate of drug-likeness (QED) is 0.844. The van der Waals surface area contributed by atoms with Crippen molar-refractivity contribution >= 4 is 5.97 Å². The van der Waals surface area contributed by atoms with Crippen LogP contribution in [-0.4, -0.2) is 17.7 Å². The minimum Gasteiger partial charge on any atom is -0.481 e. The molecule has 0 saturated carbocycles. The molecule has 1 aromatic carbocycles. The molecule has 82 valence electrons. The molecule has 1 rings (SSSR count). The van der Waals surface area contributed by atoms with Gasteiger partial charge in [0.25, 0.3) is 0 Å². The number of carbonyl (C=O) groups is 1. The minimum atomic E-state index is -3.07. The monoisotopic (exact) mass is 220 g/mol. The lowest BCUT2D eigenvalue weighted by atomic mass is 10.1. The lowest BCUT2D eigenvalue weighted by Gasteiger charge is -2.08. The first-order chi connectivity index (χ1) is 6.99. The fraction of sp³-hybridized carbons (Fsp3) is 0.222. The normalized spacial score (nSPS) is 10.4. The molecule has 0 aromatic heterocycles. The predicted octanol–water partition coefficient (Wildman–Crippen LogP) is 2.05. The van der Waals surface area contributed by atoms with Crippen molar-refractivity contribution in [3.05, 3.63) is 29.6 Å². The van der Waals surface area contributed by atoms with E-state index < -0.39 is 24.8 Å². The Balaban J connectivity index is 2.97. The second-order valence-corrected chi connectivity index (χ2v) is 2.70. The van der Waals surface area contributed by atoms with E-state index in [1.54, 1.807) is 0 Å². The number of alkyl halides is 2. The van der Waals surface area contributed by atoms with Gasteiger partial charge in [0.2, 0.25) is 0 Å². The van der Waals surface area contributed by atoms with Crippen LogP contribution >= 0.6 is 0 Å². The fourth-order valence-electron chi connectivity index (χ4n) is 1.06. The molecule has 15 heavy (non-hydrogen) atoms. The molecule has 0 fully saturated rings. The summed E-state index contributed by atoms with van der Waals surface area (Å²) in [5.74, 6) is -2.28. The summed E-state index contributed by atoms with van der Waals surface area (Å²) in [5, 5.41) is 8.45. The summed E-state index contributed by atoms with van der Waals surface area (Å²) in [6.45, 7) is -3.07. The Labute approximate surface area is 83.1 Å². The van der Waals surface area contributed by atoms with E-state index >= 15 is 0 Å². The topological polar surface area (TPSA) is 46.5 Å². The number of ether oxygens (including phenoxy) is 1. The first-order valence-corrected chi connectivity index (χ1v) is 3.94. The average Bonchev–Trinajstić information content (AvgIpc) is 2.08. The number of carboxylic acids is 1. The van der Waals surface area contributed by atoms with E-state index in [2.05, 4.69) is 4.74 Å². The number of benzene rings is 1. The minimum absolute atomic E-state index is 0.122. The van der Waals surface area contributed by atoms with Crippen molar-refractivity contribution in [2.24, 2.45) is 0 Å².